The lowest BCUT2D eigenvalue weighted by Crippen LogP contribution is -2.59. The molecule has 1 amide bonds. The number of aliphatic hydroxyl groups is 2. The maximum atomic E-state index is 14.4. The van der Waals surface area contributed by atoms with Crippen molar-refractivity contribution in [2.24, 2.45) is 0 Å². The van der Waals surface area contributed by atoms with Crippen molar-refractivity contribution in [2.75, 3.05) is 27.4 Å². The molecule has 4 aromatic rings. The Morgan fingerprint density at radius 3 is 1.80 bits per heavy atom. The highest BCUT2D eigenvalue weighted by Crippen LogP contribution is 2.44. The van der Waals surface area contributed by atoms with E-state index in [1.165, 1.54) is 18.0 Å². The number of carbonyl (C=O) groups excluding carboxylic acids is 1. The third-order valence-electron chi connectivity index (χ3n) is 7.12. The van der Waals surface area contributed by atoms with E-state index in [4.69, 9.17) is 9.47 Å². The number of carbonyl (C=O) groups is 1. The van der Waals surface area contributed by atoms with E-state index in [9.17, 15) is 24.6 Å². The summed E-state index contributed by atoms with van der Waals surface area (Å²) in [5.41, 5.74) is -0.495. The van der Waals surface area contributed by atoms with Gasteiger partial charge in [0.15, 0.2) is 0 Å². The van der Waals surface area contributed by atoms with Crippen molar-refractivity contribution in [1.29, 1.82) is 0 Å². The van der Waals surface area contributed by atoms with Gasteiger partial charge in [-0.1, -0.05) is 54.6 Å². The summed E-state index contributed by atoms with van der Waals surface area (Å²) in [4.78, 5) is 42.7. The van der Waals surface area contributed by atoms with E-state index in [1.54, 1.807) is 38.5 Å². The highest BCUT2D eigenvalue weighted by molar-refractivity contribution is 5.80. The fraction of sp³-hybridized carbons (Fsp3) is 0.258. The lowest BCUT2D eigenvalue weighted by Gasteiger charge is -2.48. The van der Waals surface area contributed by atoms with Crippen molar-refractivity contribution in [3.8, 4) is 11.5 Å². The lowest BCUT2D eigenvalue weighted by molar-refractivity contribution is -0.142. The molecule has 0 bridgehead atoms. The molecule has 0 unspecified atom stereocenters. The Labute approximate surface area is 237 Å². The Hall–Kier alpha value is -4.67. The first-order valence-electron chi connectivity index (χ1n) is 13.0. The molecule has 0 fully saturated rings. The molecule has 0 saturated carbocycles. The number of benzene rings is 3. The van der Waals surface area contributed by atoms with Crippen molar-refractivity contribution < 1.29 is 24.5 Å². The first kappa shape index (κ1) is 29.3. The van der Waals surface area contributed by atoms with E-state index < -0.39 is 48.5 Å². The minimum atomic E-state index is -1.39. The van der Waals surface area contributed by atoms with Crippen LogP contribution in [0.5, 0.6) is 11.5 Å². The Balaban J connectivity index is 2.07. The van der Waals surface area contributed by atoms with Crippen LogP contribution in [0.1, 0.15) is 22.3 Å². The summed E-state index contributed by atoms with van der Waals surface area (Å²) in [7, 11) is 3.10. The number of ether oxygens (including phenoxy) is 2. The van der Waals surface area contributed by atoms with E-state index in [1.807, 2.05) is 54.6 Å². The molecule has 0 aliphatic carbocycles. The van der Waals surface area contributed by atoms with E-state index in [2.05, 4.69) is 4.98 Å². The fourth-order valence-electron chi connectivity index (χ4n) is 5.10. The zero-order chi connectivity index (χ0) is 29.6. The van der Waals surface area contributed by atoms with Crippen LogP contribution in [-0.2, 0) is 16.9 Å². The third kappa shape index (κ3) is 5.65. The smallest absolute Gasteiger partial charge is 0.328 e. The number of aromatic amines is 1. The average molecular weight is 560 g/mol. The minimum Gasteiger partial charge on any atom is -0.497 e. The monoisotopic (exact) mass is 559 g/mol. The molecule has 0 radical (unpaired) electrons. The van der Waals surface area contributed by atoms with Crippen LogP contribution in [0.4, 0.5) is 0 Å². The summed E-state index contributed by atoms with van der Waals surface area (Å²) in [5, 5.41) is 21.0. The van der Waals surface area contributed by atoms with Crippen molar-refractivity contribution in [1.82, 2.24) is 14.5 Å². The number of hydrogen-bond donors (Lipinski definition) is 3. The van der Waals surface area contributed by atoms with Crippen LogP contribution in [0.2, 0.25) is 0 Å². The predicted octanol–water partition coefficient (Wildman–Crippen LogP) is 2.04. The van der Waals surface area contributed by atoms with Gasteiger partial charge < -0.3 is 24.6 Å². The Morgan fingerprint density at radius 2 is 1.34 bits per heavy atom. The van der Waals surface area contributed by atoms with Crippen molar-refractivity contribution in [3.63, 3.8) is 0 Å². The van der Waals surface area contributed by atoms with Gasteiger partial charge in [0, 0.05) is 11.8 Å². The van der Waals surface area contributed by atoms with Gasteiger partial charge in [0.25, 0.3) is 5.56 Å². The molecule has 0 aliphatic heterocycles. The summed E-state index contributed by atoms with van der Waals surface area (Å²) in [6, 6.07) is 22.5. The molecule has 1 heterocycles. The van der Waals surface area contributed by atoms with E-state index >= 15 is 0 Å². The number of amides is 1. The summed E-state index contributed by atoms with van der Waals surface area (Å²) < 4.78 is 11.9. The molecule has 0 saturated heterocycles. The molecule has 0 aliphatic rings. The van der Waals surface area contributed by atoms with Gasteiger partial charge >= 0.3 is 5.69 Å². The second kappa shape index (κ2) is 12.7. The quantitative estimate of drug-likeness (QED) is 0.240. The topological polar surface area (TPSA) is 134 Å². The highest BCUT2D eigenvalue weighted by Gasteiger charge is 2.47. The molecule has 10 nitrogen and oxygen atoms in total. The molecular weight excluding hydrogens is 526 g/mol. The SMILES string of the molecule is COc1ccc(C(c2ccccc2)(c2ccc(OC)cc2)N(C(=O)Cn2cc(C)c(=O)[nH]c2=O)C(CO)CO)cc1. The molecular formula is C31H33N3O7. The zero-order valence-electron chi connectivity index (χ0n) is 23.1. The molecule has 0 atom stereocenters. The summed E-state index contributed by atoms with van der Waals surface area (Å²) >= 11 is 0. The standard InChI is InChI=1S/C31H33N3O7/c1-21-17-33(30(39)32-29(21)38)18-28(37)34(25(19-35)20-36)31(22-7-5-4-6-8-22,23-9-13-26(40-2)14-10-23)24-11-15-27(41-3)16-12-24/h4-17,25,35-36H,18-20H2,1-3H3,(H,32,38,39). The second-order valence-corrected chi connectivity index (χ2v) is 9.52. The fourth-order valence-corrected chi connectivity index (χ4v) is 5.10. The Kier molecular flexibility index (Phi) is 9.06. The van der Waals surface area contributed by atoms with Crippen molar-refractivity contribution >= 4 is 5.91 Å². The lowest BCUT2D eigenvalue weighted by atomic mass is 9.74. The molecule has 41 heavy (non-hydrogen) atoms. The predicted molar refractivity (Wildman–Crippen MR) is 153 cm³/mol. The largest absolute Gasteiger partial charge is 0.497 e. The van der Waals surface area contributed by atoms with Gasteiger partial charge in [-0.25, -0.2) is 4.79 Å². The van der Waals surface area contributed by atoms with E-state index in [-0.39, 0.29) is 5.56 Å². The maximum Gasteiger partial charge on any atom is 0.328 e. The molecule has 4 rings (SSSR count). The minimum absolute atomic E-state index is 0.254. The summed E-state index contributed by atoms with van der Waals surface area (Å²) in [5.74, 6) is 0.612. The van der Waals surface area contributed by atoms with Gasteiger partial charge in [0.1, 0.15) is 23.6 Å². The number of aliphatic hydroxyl groups excluding tert-OH is 2. The number of nitrogens with one attached hydrogen (secondary N) is 1. The van der Waals surface area contributed by atoms with Gasteiger partial charge in [-0.3, -0.25) is 19.1 Å². The highest BCUT2D eigenvalue weighted by atomic mass is 16.5. The van der Waals surface area contributed by atoms with Gasteiger partial charge in [-0.15, -0.1) is 0 Å². The summed E-state index contributed by atoms with van der Waals surface area (Å²) in [6.07, 6.45) is 1.31. The van der Waals surface area contributed by atoms with Crippen LogP contribution in [0.15, 0.2) is 94.6 Å². The molecule has 3 N–H and O–H groups in total. The first-order valence-corrected chi connectivity index (χ1v) is 13.0. The molecule has 214 valence electrons. The number of aromatic nitrogens is 2. The molecule has 3 aromatic carbocycles. The van der Waals surface area contributed by atoms with Gasteiger partial charge in [0.2, 0.25) is 5.91 Å². The van der Waals surface area contributed by atoms with Gasteiger partial charge in [-0.05, 0) is 47.9 Å². The number of nitrogens with zero attached hydrogens (tertiary/aromatic N) is 2. The van der Waals surface area contributed by atoms with Crippen molar-refractivity contribution in [3.05, 3.63) is 128 Å². The van der Waals surface area contributed by atoms with Crippen LogP contribution in [-0.4, -0.2) is 64.0 Å². The van der Waals surface area contributed by atoms with E-state index in [0.29, 0.717) is 28.2 Å². The van der Waals surface area contributed by atoms with Crippen molar-refractivity contribution in [2.45, 2.75) is 25.0 Å². The van der Waals surface area contributed by atoms with Gasteiger partial charge in [0.05, 0.1) is 33.5 Å². The Bertz CT molecular complexity index is 1530. The molecule has 10 heteroatoms. The van der Waals surface area contributed by atoms with Crippen LogP contribution >= 0.6 is 0 Å². The molecule has 0 spiro atoms. The van der Waals surface area contributed by atoms with Crippen LogP contribution in [0.3, 0.4) is 0 Å². The zero-order valence-corrected chi connectivity index (χ0v) is 23.1. The normalized spacial score (nSPS) is 11.4. The van der Waals surface area contributed by atoms with E-state index in [0.717, 1.165) is 4.57 Å². The maximum absolute atomic E-state index is 14.4. The summed E-state index contributed by atoms with van der Waals surface area (Å²) in [6.45, 7) is -0.0660. The number of methoxy groups -OCH3 is 2. The number of H-pyrrole nitrogens is 1. The van der Waals surface area contributed by atoms with Crippen LogP contribution < -0.4 is 20.7 Å². The third-order valence-corrected chi connectivity index (χ3v) is 7.12. The van der Waals surface area contributed by atoms with Gasteiger partial charge in [-0.2, -0.15) is 0 Å². The Morgan fingerprint density at radius 1 is 0.854 bits per heavy atom. The number of aryl methyl sites for hydroxylation is 1. The average Bonchev–Trinajstić information content (AvgIpc) is 3.01. The number of hydrogen-bond acceptors (Lipinski definition) is 7. The number of rotatable bonds is 11. The molecule has 1 aromatic heterocycles. The van der Waals surface area contributed by atoms with Crippen LogP contribution in [0.25, 0.3) is 0 Å². The van der Waals surface area contributed by atoms with Crippen LogP contribution in [0, 0.1) is 6.92 Å². The second-order valence-electron chi connectivity index (χ2n) is 9.52. The first-order chi connectivity index (χ1) is 19.8.